The molecule has 1 aliphatic heterocycles. The van der Waals surface area contributed by atoms with E-state index in [0.717, 1.165) is 9.87 Å². The molecule has 0 unspecified atom stereocenters. The number of hydrogen-bond donors (Lipinski definition) is 0. The summed E-state index contributed by atoms with van der Waals surface area (Å²) in [6.07, 6.45) is 0. The molecule has 0 aromatic heterocycles. The van der Waals surface area contributed by atoms with E-state index in [4.69, 9.17) is 23.2 Å². The van der Waals surface area contributed by atoms with Crippen LogP contribution in [-0.2, 0) is 23.1 Å². The molecule has 3 aromatic rings. The number of hydrogen-bond acceptors (Lipinski definition) is 3. The topological polar surface area (TPSA) is 57.7 Å². The predicted molar refractivity (Wildman–Crippen MR) is 114 cm³/mol. The molecular formula is C21H15Cl2FN2O3S. The average molecular weight is 465 g/mol. The Kier molecular flexibility index (Phi) is 5.44. The number of nitrogens with zero attached hydrogens (tertiary/aromatic N) is 2. The lowest BCUT2D eigenvalue weighted by Crippen LogP contribution is -2.50. The number of carbonyl (C=O) groups excluding carboxylic acids is 1. The summed E-state index contributed by atoms with van der Waals surface area (Å²) < 4.78 is 40.6. The highest BCUT2D eigenvalue weighted by atomic mass is 35.5. The monoisotopic (exact) mass is 464 g/mol. The van der Waals surface area contributed by atoms with E-state index in [1.54, 1.807) is 0 Å². The summed E-state index contributed by atoms with van der Waals surface area (Å²) in [5, 5.41) is 0.138. The molecule has 0 bridgehead atoms. The largest absolute Gasteiger partial charge is 0.339 e. The summed E-state index contributed by atoms with van der Waals surface area (Å²) in [5.74, 6) is -0.458. The summed E-state index contributed by atoms with van der Waals surface area (Å²) in [6.45, 7) is -0.135. The number of fused-ring (bicyclic) bond motifs is 1. The number of benzene rings is 3. The van der Waals surface area contributed by atoms with E-state index in [-0.39, 0.29) is 33.7 Å². The standard InChI is InChI=1S/C21H15Cl2FN2O3S/c22-16-10-18(23)20-19(11-16)25(12-14-4-2-1-3-5-14)21(27)26(30(20,28)29)13-15-6-8-17(24)9-7-15/h1-11H,12-13H2. The molecule has 5 nitrogen and oxygen atoms in total. The third-order valence-corrected chi connectivity index (χ3v) is 7.13. The van der Waals surface area contributed by atoms with Crippen LogP contribution in [0.25, 0.3) is 0 Å². The van der Waals surface area contributed by atoms with Gasteiger partial charge in [0.25, 0.3) is 10.0 Å². The highest BCUT2D eigenvalue weighted by molar-refractivity contribution is 7.90. The molecule has 0 saturated carbocycles. The summed E-state index contributed by atoms with van der Waals surface area (Å²) in [7, 11) is -4.26. The van der Waals surface area contributed by atoms with Crippen molar-refractivity contribution in [1.29, 1.82) is 0 Å². The molecule has 154 valence electrons. The van der Waals surface area contributed by atoms with E-state index in [1.807, 2.05) is 30.3 Å². The SMILES string of the molecule is O=C1N(Cc2ccccc2)c2cc(Cl)cc(Cl)c2S(=O)(=O)N1Cc1ccc(F)cc1. The fourth-order valence-corrected chi connectivity index (χ4v) is 5.64. The molecule has 0 spiro atoms. The Balaban J connectivity index is 1.84. The van der Waals surface area contributed by atoms with Crippen LogP contribution in [0.1, 0.15) is 11.1 Å². The molecule has 30 heavy (non-hydrogen) atoms. The van der Waals surface area contributed by atoms with Crippen LogP contribution in [0.2, 0.25) is 10.0 Å². The smallest absolute Gasteiger partial charge is 0.288 e. The van der Waals surface area contributed by atoms with E-state index < -0.39 is 21.9 Å². The molecule has 2 amide bonds. The van der Waals surface area contributed by atoms with Crippen molar-refractivity contribution in [3.8, 4) is 0 Å². The van der Waals surface area contributed by atoms with Crippen LogP contribution in [0.15, 0.2) is 71.6 Å². The van der Waals surface area contributed by atoms with Gasteiger partial charge in [-0.3, -0.25) is 4.90 Å². The zero-order valence-corrected chi connectivity index (χ0v) is 17.8. The van der Waals surface area contributed by atoms with Crippen molar-refractivity contribution in [2.24, 2.45) is 0 Å². The van der Waals surface area contributed by atoms with Crippen molar-refractivity contribution in [3.05, 3.63) is 93.7 Å². The Bertz CT molecular complexity index is 1220. The van der Waals surface area contributed by atoms with E-state index in [9.17, 15) is 17.6 Å². The predicted octanol–water partition coefficient (Wildman–Crippen LogP) is 5.46. The fraction of sp³-hybridized carbons (Fsp3) is 0.0952. The fourth-order valence-electron chi connectivity index (χ4n) is 3.28. The molecule has 1 heterocycles. The molecule has 1 aliphatic rings. The number of amides is 2. The van der Waals surface area contributed by atoms with Gasteiger partial charge in [0.2, 0.25) is 0 Å². The summed E-state index contributed by atoms with van der Waals surface area (Å²) in [4.78, 5) is 14.5. The van der Waals surface area contributed by atoms with Crippen molar-refractivity contribution in [3.63, 3.8) is 0 Å². The Morgan fingerprint density at radius 2 is 1.50 bits per heavy atom. The maximum atomic E-state index is 13.3. The quantitative estimate of drug-likeness (QED) is 0.514. The van der Waals surface area contributed by atoms with Gasteiger partial charge in [-0.2, -0.15) is 0 Å². The number of rotatable bonds is 4. The van der Waals surface area contributed by atoms with Gasteiger partial charge in [-0.05, 0) is 35.4 Å². The van der Waals surface area contributed by atoms with Crippen LogP contribution in [-0.4, -0.2) is 18.8 Å². The van der Waals surface area contributed by atoms with Crippen molar-refractivity contribution in [1.82, 2.24) is 4.31 Å². The maximum Gasteiger partial charge on any atom is 0.339 e. The van der Waals surface area contributed by atoms with E-state index >= 15 is 0 Å². The first kappa shape index (κ1) is 20.7. The first-order chi connectivity index (χ1) is 14.3. The summed E-state index contributed by atoms with van der Waals surface area (Å²) in [5.41, 5.74) is 1.38. The lowest BCUT2D eigenvalue weighted by Gasteiger charge is -2.37. The minimum Gasteiger partial charge on any atom is -0.288 e. The zero-order valence-electron chi connectivity index (χ0n) is 15.4. The second-order valence-corrected chi connectivity index (χ2v) is 9.37. The molecule has 3 aromatic carbocycles. The molecule has 0 fully saturated rings. The van der Waals surface area contributed by atoms with Gasteiger partial charge in [0, 0.05) is 5.02 Å². The molecule has 0 N–H and O–H groups in total. The van der Waals surface area contributed by atoms with Crippen LogP contribution >= 0.6 is 23.2 Å². The van der Waals surface area contributed by atoms with E-state index in [1.165, 1.54) is 41.3 Å². The zero-order chi connectivity index (χ0) is 21.5. The average Bonchev–Trinajstić information content (AvgIpc) is 2.70. The van der Waals surface area contributed by atoms with Crippen LogP contribution in [0.5, 0.6) is 0 Å². The molecular weight excluding hydrogens is 450 g/mol. The van der Waals surface area contributed by atoms with Gasteiger partial charge in [-0.1, -0.05) is 65.7 Å². The normalized spacial score (nSPS) is 15.2. The van der Waals surface area contributed by atoms with Crippen LogP contribution in [0.4, 0.5) is 14.9 Å². The Morgan fingerprint density at radius 1 is 0.867 bits per heavy atom. The number of anilines is 1. The van der Waals surface area contributed by atoms with Gasteiger partial charge in [0.05, 0.1) is 23.8 Å². The number of urea groups is 1. The van der Waals surface area contributed by atoms with Crippen LogP contribution in [0.3, 0.4) is 0 Å². The van der Waals surface area contributed by atoms with Gasteiger partial charge in [-0.25, -0.2) is 21.9 Å². The second kappa shape index (κ2) is 7.91. The molecule has 0 saturated heterocycles. The molecule has 4 rings (SSSR count). The van der Waals surface area contributed by atoms with Gasteiger partial charge in [-0.15, -0.1) is 0 Å². The third-order valence-electron chi connectivity index (χ3n) is 4.69. The first-order valence-electron chi connectivity index (χ1n) is 8.89. The Hall–Kier alpha value is -2.61. The molecule has 0 atom stereocenters. The highest BCUT2D eigenvalue weighted by Gasteiger charge is 2.43. The Morgan fingerprint density at radius 3 is 2.17 bits per heavy atom. The number of halogens is 3. The summed E-state index contributed by atoms with van der Waals surface area (Å²) >= 11 is 12.4. The van der Waals surface area contributed by atoms with E-state index in [0.29, 0.717) is 5.56 Å². The van der Waals surface area contributed by atoms with Crippen molar-refractivity contribution < 1.29 is 17.6 Å². The van der Waals surface area contributed by atoms with Crippen LogP contribution in [0, 0.1) is 5.82 Å². The lowest BCUT2D eigenvalue weighted by atomic mass is 10.2. The number of carbonyl (C=O) groups is 1. The van der Waals surface area contributed by atoms with Gasteiger partial charge in [0.1, 0.15) is 10.7 Å². The molecule has 0 radical (unpaired) electrons. The van der Waals surface area contributed by atoms with Crippen molar-refractivity contribution in [2.45, 2.75) is 18.0 Å². The highest BCUT2D eigenvalue weighted by Crippen LogP contribution is 2.42. The first-order valence-corrected chi connectivity index (χ1v) is 11.1. The summed E-state index contributed by atoms with van der Waals surface area (Å²) in [6, 6.07) is 16.4. The minimum absolute atomic E-state index is 0.0767. The maximum absolute atomic E-state index is 13.3. The third kappa shape index (κ3) is 3.76. The van der Waals surface area contributed by atoms with Gasteiger partial charge in [0.15, 0.2) is 0 Å². The van der Waals surface area contributed by atoms with Crippen molar-refractivity contribution in [2.75, 3.05) is 4.90 Å². The Labute approximate surface area is 183 Å². The molecule has 0 aliphatic carbocycles. The number of sulfonamides is 1. The van der Waals surface area contributed by atoms with Gasteiger partial charge >= 0.3 is 6.03 Å². The van der Waals surface area contributed by atoms with Gasteiger partial charge < -0.3 is 0 Å². The van der Waals surface area contributed by atoms with Crippen LogP contribution < -0.4 is 4.90 Å². The van der Waals surface area contributed by atoms with E-state index in [2.05, 4.69) is 0 Å². The second-order valence-electron chi connectivity index (χ2n) is 6.73. The lowest BCUT2D eigenvalue weighted by molar-refractivity contribution is 0.226. The molecule has 9 heteroatoms. The minimum atomic E-state index is -4.26. The van der Waals surface area contributed by atoms with Crippen molar-refractivity contribution >= 4 is 44.9 Å².